The van der Waals surface area contributed by atoms with E-state index >= 15 is 0 Å². The van der Waals surface area contributed by atoms with Crippen molar-refractivity contribution in [3.63, 3.8) is 0 Å². The van der Waals surface area contributed by atoms with Crippen LogP contribution in [0, 0.1) is 11.8 Å². The first-order valence-corrected chi connectivity index (χ1v) is 7.42. The molecule has 1 aliphatic rings. The van der Waals surface area contributed by atoms with Crippen molar-refractivity contribution in [1.82, 2.24) is 10.6 Å². The summed E-state index contributed by atoms with van der Waals surface area (Å²) in [5.41, 5.74) is 0. The number of carboxylic acids is 1. The van der Waals surface area contributed by atoms with Crippen LogP contribution >= 0.6 is 0 Å². The Kier molecular flexibility index (Phi) is 8.02. The zero-order chi connectivity index (χ0) is 14.8. The number of nitrogens with one attached hydrogen (secondary N) is 2. The van der Waals surface area contributed by atoms with Gasteiger partial charge in [-0.25, -0.2) is 4.79 Å². The third-order valence-corrected chi connectivity index (χ3v) is 3.32. The molecule has 20 heavy (non-hydrogen) atoms. The summed E-state index contributed by atoms with van der Waals surface area (Å²) in [5, 5.41) is 14.2. The fourth-order valence-electron chi connectivity index (χ4n) is 1.71. The summed E-state index contributed by atoms with van der Waals surface area (Å²) in [7, 11) is 0. The van der Waals surface area contributed by atoms with E-state index in [1.165, 1.54) is 12.8 Å². The van der Waals surface area contributed by atoms with E-state index in [2.05, 4.69) is 10.6 Å². The van der Waals surface area contributed by atoms with E-state index in [0.717, 1.165) is 18.9 Å². The summed E-state index contributed by atoms with van der Waals surface area (Å²) < 4.78 is 5.46. The number of amides is 2. The number of urea groups is 1. The molecule has 3 N–H and O–H groups in total. The number of hydrogen-bond donors (Lipinski definition) is 3. The van der Waals surface area contributed by atoms with E-state index in [-0.39, 0.29) is 11.9 Å². The van der Waals surface area contributed by atoms with Crippen LogP contribution < -0.4 is 10.6 Å². The first kappa shape index (κ1) is 16.8. The van der Waals surface area contributed by atoms with Gasteiger partial charge in [0.1, 0.15) is 0 Å². The maximum atomic E-state index is 11.4. The monoisotopic (exact) mass is 286 g/mol. The van der Waals surface area contributed by atoms with Crippen LogP contribution in [0.1, 0.15) is 39.0 Å². The quantitative estimate of drug-likeness (QED) is 0.503. The third kappa shape index (κ3) is 8.74. The summed E-state index contributed by atoms with van der Waals surface area (Å²) in [4.78, 5) is 22.0. The van der Waals surface area contributed by atoms with E-state index in [1.807, 2.05) is 0 Å². The van der Waals surface area contributed by atoms with E-state index in [0.29, 0.717) is 32.5 Å². The minimum Gasteiger partial charge on any atom is -0.481 e. The van der Waals surface area contributed by atoms with Gasteiger partial charge in [0, 0.05) is 26.3 Å². The second-order valence-corrected chi connectivity index (χ2v) is 5.44. The second-order valence-electron chi connectivity index (χ2n) is 5.44. The minimum atomic E-state index is -0.791. The molecule has 0 aromatic heterocycles. The lowest BCUT2D eigenvalue weighted by Crippen LogP contribution is -2.37. The SMILES string of the molecule is CC(CCCNC(=O)NCCCOCC1CC1)C(=O)O. The molecule has 0 spiro atoms. The van der Waals surface area contributed by atoms with Crippen molar-refractivity contribution in [1.29, 1.82) is 0 Å². The number of hydrogen-bond acceptors (Lipinski definition) is 3. The van der Waals surface area contributed by atoms with Crippen molar-refractivity contribution in [2.45, 2.75) is 39.0 Å². The predicted molar refractivity (Wildman–Crippen MR) is 75.6 cm³/mol. The minimum absolute atomic E-state index is 0.199. The molecule has 1 fully saturated rings. The van der Waals surface area contributed by atoms with Gasteiger partial charge in [0.25, 0.3) is 0 Å². The van der Waals surface area contributed by atoms with Gasteiger partial charge in [-0.05, 0) is 38.0 Å². The molecule has 6 nitrogen and oxygen atoms in total. The van der Waals surface area contributed by atoms with Gasteiger partial charge in [0.15, 0.2) is 0 Å². The molecule has 0 aliphatic heterocycles. The maximum Gasteiger partial charge on any atom is 0.314 e. The summed E-state index contributed by atoms with van der Waals surface area (Å²) in [6.45, 7) is 4.31. The molecule has 0 saturated heterocycles. The Hall–Kier alpha value is -1.30. The molecular weight excluding hydrogens is 260 g/mol. The molecule has 0 aromatic carbocycles. The average molecular weight is 286 g/mol. The van der Waals surface area contributed by atoms with E-state index in [9.17, 15) is 9.59 Å². The Balaban J connectivity index is 1.83. The molecular formula is C14H26N2O4. The highest BCUT2D eigenvalue weighted by molar-refractivity contribution is 5.73. The van der Waals surface area contributed by atoms with Gasteiger partial charge in [-0.15, -0.1) is 0 Å². The van der Waals surface area contributed by atoms with Gasteiger partial charge in [0.2, 0.25) is 0 Å². The Bertz CT molecular complexity index is 306. The van der Waals surface area contributed by atoms with Crippen molar-refractivity contribution in [2.24, 2.45) is 11.8 Å². The highest BCUT2D eigenvalue weighted by Gasteiger charge is 2.20. The first-order valence-electron chi connectivity index (χ1n) is 7.42. The smallest absolute Gasteiger partial charge is 0.314 e. The number of carbonyl (C=O) groups excluding carboxylic acids is 1. The molecule has 6 heteroatoms. The molecule has 1 saturated carbocycles. The Morgan fingerprint density at radius 3 is 2.50 bits per heavy atom. The standard InChI is InChI=1S/C14H26N2O4/c1-11(13(17)18)4-2-7-15-14(19)16-8-3-9-20-10-12-5-6-12/h11-12H,2-10H2,1H3,(H,17,18)(H2,15,16,19). The van der Waals surface area contributed by atoms with Gasteiger partial charge in [0.05, 0.1) is 5.92 Å². The Morgan fingerprint density at radius 1 is 1.25 bits per heavy atom. The van der Waals surface area contributed by atoms with Crippen LogP contribution in [0.2, 0.25) is 0 Å². The molecule has 2 amide bonds. The third-order valence-electron chi connectivity index (χ3n) is 3.32. The number of rotatable bonds is 11. The highest BCUT2D eigenvalue weighted by Crippen LogP contribution is 2.28. The summed E-state index contributed by atoms with van der Waals surface area (Å²) in [6.07, 6.45) is 4.65. The number of carboxylic acid groups (broad SMARTS) is 1. The average Bonchev–Trinajstić information content (AvgIpc) is 3.22. The maximum absolute atomic E-state index is 11.4. The molecule has 1 aliphatic carbocycles. The molecule has 0 bridgehead atoms. The molecule has 1 atom stereocenters. The van der Waals surface area contributed by atoms with Crippen molar-refractivity contribution in [3.8, 4) is 0 Å². The zero-order valence-corrected chi connectivity index (χ0v) is 12.2. The zero-order valence-electron chi connectivity index (χ0n) is 12.2. The summed E-state index contributed by atoms with van der Waals surface area (Å²) in [6, 6.07) is -0.199. The number of aliphatic carboxylic acids is 1. The predicted octanol–water partition coefficient (Wildman–Crippen LogP) is 1.60. The van der Waals surface area contributed by atoms with Crippen LogP contribution in [-0.2, 0) is 9.53 Å². The van der Waals surface area contributed by atoms with Crippen LogP contribution in [0.15, 0.2) is 0 Å². The molecule has 0 heterocycles. The lowest BCUT2D eigenvalue weighted by atomic mass is 10.1. The van der Waals surface area contributed by atoms with Gasteiger partial charge in [-0.3, -0.25) is 4.79 Å². The summed E-state index contributed by atoms with van der Waals surface area (Å²) >= 11 is 0. The van der Waals surface area contributed by atoms with Crippen LogP contribution in [0.5, 0.6) is 0 Å². The van der Waals surface area contributed by atoms with Gasteiger partial charge >= 0.3 is 12.0 Å². The fraction of sp³-hybridized carbons (Fsp3) is 0.857. The van der Waals surface area contributed by atoms with E-state index in [4.69, 9.17) is 9.84 Å². The van der Waals surface area contributed by atoms with Crippen LogP contribution in [0.25, 0.3) is 0 Å². The van der Waals surface area contributed by atoms with Gasteiger partial charge in [-0.2, -0.15) is 0 Å². The van der Waals surface area contributed by atoms with Gasteiger partial charge < -0.3 is 20.5 Å². The Morgan fingerprint density at radius 2 is 1.90 bits per heavy atom. The van der Waals surface area contributed by atoms with Crippen LogP contribution in [0.4, 0.5) is 4.79 Å². The fourth-order valence-corrected chi connectivity index (χ4v) is 1.71. The van der Waals surface area contributed by atoms with Crippen molar-refractivity contribution < 1.29 is 19.4 Å². The van der Waals surface area contributed by atoms with E-state index < -0.39 is 5.97 Å². The summed E-state index contributed by atoms with van der Waals surface area (Å²) in [5.74, 6) is -0.372. The molecule has 0 aromatic rings. The van der Waals surface area contributed by atoms with Crippen LogP contribution in [0.3, 0.4) is 0 Å². The number of ether oxygens (including phenoxy) is 1. The Labute approximate surface area is 120 Å². The largest absolute Gasteiger partial charge is 0.481 e. The molecule has 0 radical (unpaired) electrons. The molecule has 116 valence electrons. The lowest BCUT2D eigenvalue weighted by molar-refractivity contribution is -0.141. The van der Waals surface area contributed by atoms with Crippen LogP contribution in [-0.4, -0.2) is 43.4 Å². The normalized spacial score (nSPS) is 15.7. The lowest BCUT2D eigenvalue weighted by Gasteiger charge is -2.09. The van der Waals surface area contributed by atoms with Crippen molar-refractivity contribution >= 4 is 12.0 Å². The topological polar surface area (TPSA) is 87.7 Å². The van der Waals surface area contributed by atoms with Crippen molar-refractivity contribution in [2.75, 3.05) is 26.3 Å². The number of carbonyl (C=O) groups is 2. The van der Waals surface area contributed by atoms with E-state index in [1.54, 1.807) is 6.92 Å². The molecule has 1 unspecified atom stereocenters. The van der Waals surface area contributed by atoms with Crippen molar-refractivity contribution in [3.05, 3.63) is 0 Å². The highest BCUT2D eigenvalue weighted by atomic mass is 16.5. The first-order chi connectivity index (χ1) is 9.59. The van der Waals surface area contributed by atoms with Gasteiger partial charge in [-0.1, -0.05) is 6.92 Å². The second kappa shape index (κ2) is 9.58. The molecule has 1 rings (SSSR count).